The zero-order valence-corrected chi connectivity index (χ0v) is 18.2. The lowest BCUT2D eigenvalue weighted by atomic mass is 9.99. The summed E-state index contributed by atoms with van der Waals surface area (Å²) < 4.78 is 10.2. The topological polar surface area (TPSA) is 81.6 Å². The van der Waals surface area contributed by atoms with E-state index in [4.69, 9.17) is 9.47 Å². The van der Waals surface area contributed by atoms with Gasteiger partial charge >= 0.3 is 5.97 Å². The minimum atomic E-state index is -0.405. The van der Waals surface area contributed by atoms with Crippen LogP contribution in [0.25, 0.3) is 22.0 Å². The van der Waals surface area contributed by atoms with Crippen LogP contribution >= 0.6 is 0 Å². The number of aromatic nitrogens is 2. The molecular formula is C26H21N3O4. The summed E-state index contributed by atoms with van der Waals surface area (Å²) in [7, 11) is 2.88. The Morgan fingerprint density at radius 3 is 2.64 bits per heavy atom. The molecule has 0 saturated carbocycles. The first-order valence-corrected chi connectivity index (χ1v) is 10.5. The van der Waals surface area contributed by atoms with Crippen LogP contribution in [0, 0.1) is 0 Å². The SMILES string of the molecule is COC(=O)c1cccc2c1CN(C(=O)c1cc(OC)ncc1-c1ccc3ncccc3c1)C2. The fourth-order valence-electron chi connectivity index (χ4n) is 4.24. The van der Waals surface area contributed by atoms with E-state index in [0.717, 1.165) is 27.6 Å². The molecular weight excluding hydrogens is 418 g/mol. The van der Waals surface area contributed by atoms with Crippen LogP contribution in [0.2, 0.25) is 0 Å². The van der Waals surface area contributed by atoms with Crippen LogP contribution in [0.1, 0.15) is 31.8 Å². The number of rotatable bonds is 4. The summed E-state index contributed by atoms with van der Waals surface area (Å²) in [5.41, 5.74) is 5.16. The number of ether oxygens (including phenoxy) is 2. The first-order chi connectivity index (χ1) is 16.1. The molecule has 2 aromatic heterocycles. The highest BCUT2D eigenvalue weighted by molar-refractivity contribution is 6.02. The largest absolute Gasteiger partial charge is 0.481 e. The Kier molecular flexibility index (Phi) is 5.22. The van der Waals surface area contributed by atoms with Crippen molar-refractivity contribution in [1.82, 2.24) is 14.9 Å². The Hall–Kier alpha value is -4.26. The molecule has 5 rings (SSSR count). The lowest BCUT2D eigenvalue weighted by Gasteiger charge is -2.18. The minimum Gasteiger partial charge on any atom is -0.481 e. The highest BCUT2D eigenvalue weighted by Crippen LogP contribution is 2.32. The lowest BCUT2D eigenvalue weighted by Crippen LogP contribution is -2.26. The van der Waals surface area contributed by atoms with Gasteiger partial charge in [-0.2, -0.15) is 0 Å². The number of fused-ring (bicyclic) bond motifs is 2. The van der Waals surface area contributed by atoms with E-state index in [2.05, 4.69) is 9.97 Å². The number of pyridine rings is 2. The van der Waals surface area contributed by atoms with Crippen molar-refractivity contribution in [2.75, 3.05) is 14.2 Å². The Bertz CT molecular complexity index is 1400. The van der Waals surface area contributed by atoms with Gasteiger partial charge in [-0.15, -0.1) is 0 Å². The molecule has 3 heterocycles. The van der Waals surface area contributed by atoms with Gasteiger partial charge in [-0.25, -0.2) is 9.78 Å². The Balaban J connectivity index is 1.54. The van der Waals surface area contributed by atoms with Crippen molar-refractivity contribution in [3.8, 4) is 17.0 Å². The second-order valence-corrected chi connectivity index (χ2v) is 7.78. The number of carbonyl (C=O) groups excluding carboxylic acids is 2. The summed E-state index contributed by atoms with van der Waals surface area (Å²) in [5.74, 6) is -0.210. The molecule has 4 aromatic rings. The summed E-state index contributed by atoms with van der Waals surface area (Å²) in [6.07, 6.45) is 3.41. The number of methoxy groups -OCH3 is 2. The van der Waals surface area contributed by atoms with Crippen LogP contribution in [0.4, 0.5) is 0 Å². The molecule has 0 N–H and O–H groups in total. The minimum absolute atomic E-state index is 0.163. The van der Waals surface area contributed by atoms with Crippen LogP contribution in [-0.2, 0) is 17.8 Å². The molecule has 7 nitrogen and oxygen atoms in total. The van der Waals surface area contributed by atoms with E-state index in [0.29, 0.717) is 35.7 Å². The summed E-state index contributed by atoms with van der Waals surface area (Å²) in [6, 6.07) is 16.8. The maximum Gasteiger partial charge on any atom is 0.338 e. The molecule has 1 aliphatic rings. The van der Waals surface area contributed by atoms with Gasteiger partial charge in [0.15, 0.2) is 0 Å². The molecule has 0 fully saturated rings. The number of hydrogen-bond acceptors (Lipinski definition) is 6. The molecule has 33 heavy (non-hydrogen) atoms. The fourth-order valence-corrected chi connectivity index (χ4v) is 4.24. The molecule has 1 aliphatic heterocycles. The van der Waals surface area contributed by atoms with Gasteiger partial charge in [-0.05, 0) is 41.0 Å². The van der Waals surface area contributed by atoms with Crippen molar-refractivity contribution in [3.63, 3.8) is 0 Å². The lowest BCUT2D eigenvalue weighted by molar-refractivity contribution is 0.0596. The Morgan fingerprint density at radius 1 is 0.939 bits per heavy atom. The van der Waals surface area contributed by atoms with Crippen LogP contribution < -0.4 is 4.74 Å². The van der Waals surface area contributed by atoms with Crippen molar-refractivity contribution < 1.29 is 19.1 Å². The van der Waals surface area contributed by atoms with E-state index in [1.807, 2.05) is 42.5 Å². The summed E-state index contributed by atoms with van der Waals surface area (Å²) in [6.45, 7) is 0.732. The molecule has 1 amide bonds. The second kappa shape index (κ2) is 8.35. The predicted molar refractivity (Wildman–Crippen MR) is 123 cm³/mol. The molecule has 2 aromatic carbocycles. The van der Waals surface area contributed by atoms with Crippen LogP contribution in [0.5, 0.6) is 5.88 Å². The zero-order valence-electron chi connectivity index (χ0n) is 18.2. The molecule has 0 saturated heterocycles. The van der Waals surface area contributed by atoms with Gasteiger partial charge < -0.3 is 14.4 Å². The number of carbonyl (C=O) groups is 2. The molecule has 0 unspecified atom stereocenters. The van der Waals surface area contributed by atoms with E-state index >= 15 is 0 Å². The van der Waals surface area contributed by atoms with E-state index in [1.165, 1.54) is 14.2 Å². The van der Waals surface area contributed by atoms with E-state index < -0.39 is 5.97 Å². The van der Waals surface area contributed by atoms with Crippen LogP contribution in [0.3, 0.4) is 0 Å². The average Bonchev–Trinajstić information content (AvgIpc) is 3.31. The Labute approximate surface area is 190 Å². The van der Waals surface area contributed by atoms with Gasteiger partial charge in [-0.3, -0.25) is 9.78 Å². The smallest absolute Gasteiger partial charge is 0.338 e. The van der Waals surface area contributed by atoms with Crippen molar-refractivity contribution in [2.45, 2.75) is 13.1 Å². The third-order valence-electron chi connectivity index (χ3n) is 5.91. The quantitative estimate of drug-likeness (QED) is 0.442. The number of nitrogens with zero attached hydrogens (tertiary/aromatic N) is 3. The maximum atomic E-state index is 13.7. The molecule has 7 heteroatoms. The third-order valence-corrected chi connectivity index (χ3v) is 5.91. The number of amides is 1. The highest BCUT2D eigenvalue weighted by atomic mass is 16.5. The predicted octanol–water partition coefficient (Wildman–Crippen LogP) is 4.25. The molecule has 0 atom stereocenters. The highest BCUT2D eigenvalue weighted by Gasteiger charge is 2.30. The van der Waals surface area contributed by atoms with E-state index in [-0.39, 0.29) is 5.91 Å². The number of esters is 1. The molecule has 0 aliphatic carbocycles. The first kappa shape index (κ1) is 20.6. The van der Waals surface area contributed by atoms with Crippen molar-refractivity contribution in [1.29, 1.82) is 0 Å². The number of hydrogen-bond donors (Lipinski definition) is 0. The van der Waals surface area contributed by atoms with Gasteiger partial charge in [0, 0.05) is 42.5 Å². The van der Waals surface area contributed by atoms with Gasteiger partial charge in [-0.1, -0.05) is 24.3 Å². The first-order valence-electron chi connectivity index (χ1n) is 10.5. The normalized spacial score (nSPS) is 12.5. The van der Waals surface area contributed by atoms with Gasteiger partial charge in [0.2, 0.25) is 5.88 Å². The fraction of sp³-hybridized carbons (Fsp3) is 0.154. The van der Waals surface area contributed by atoms with Gasteiger partial charge in [0.25, 0.3) is 5.91 Å². The van der Waals surface area contributed by atoms with E-state index in [1.54, 1.807) is 29.4 Å². The molecule has 0 radical (unpaired) electrons. The molecule has 0 spiro atoms. The van der Waals surface area contributed by atoms with Crippen LogP contribution in [0.15, 0.2) is 67.0 Å². The average molecular weight is 439 g/mol. The van der Waals surface area contributed by atoms with Crippen molar-refractivity contribution in [3.05, 3.63) is 89.2 Å². The van der Waals surface area contributed by atoms with Crippen LogP contribution in [-0.4, -0.2) is 41.0 Å². The molecule has 164 valence electrons. The maximum absolute atomic E-state index is 13.7. The standard InChI is InChI=1S/C26H21N3O4/c1-32-24-12-20(21(13-28-24)16-8-9-23-17(11-16)6-4-10-27-23)25(30)29-14-18-5-3-7-19(22(18)15-29)26(31)33-2/h3-13H,14-15H2,1-2H3. The summed E-state index contributed by atoms with van der Waals surface area (Å²) in [4.78, 5) is 36.3. The molecule has 0 bridgehead atoms. The Morgan fingerprint density at radius 2 is 1.82 bits per heavy atom. The van der Waals surface area contributed by atoms with E-state index in [9.17, 15) is 9.59 Å². The summed E-state index contributed by atoms with van der Waals surface area (Å²) >= 11 is 0. The second-order valence-electron chi connectivity index (χ2n) is 7.78. The van der Waals surface area contributed by atoms with Crippen molar-refractivity contribution in [2.24, 2.45) is 0 Å². The van der Waals surface area contributed by atoms with Gasteiger partial charge in [0.05, 0.1) is 30.9 Å². The van der Waals surface area contributed by atoms with Crippen molar-refractivity contribution >= 4 is 22.8 Å². The monoisotopic (exact) mass is 439 g/mol. The number of benzene rings is 2. The van der Waals surface area contributed by atoms with Gasteiger partial charge in [0.1, 0.15) is 0 Å². The zero-order chi connectivity index (χ0) is 22.9. The summed E-state index contributed by atoms with van der Waals surface area (Å²) in [5, 5.41) is 0.973. The third kappa shape index (κ3) is 3.67.